The fourth-order valence-electron chi connectivity index (χ4n) is 1.21. The molecular weight excluding hydrogens is 294 g/mol. The average molecular weight is 310 g/mol. The maximum Gasteiger partial charge on any atom is 0.120 e. The second-order valence-corrected chi connectivity index (χ2v) is 4.89. The van der Waals surface area contributed by atoms with Crippen LogP contribution < -0.4 is 5.73 Å². The van der Waals surface area contributed by atoms with Gasteiger partial charge in [-0.1, -0.05) is 28.1 Å². The number of halogens is 1. The van der Waals surface area contributed by atoms with Gasteiger partial charge in [-0.25, -0.2) is 0 Å². The number of aryl methyl sites for hydroxylation is 2. The Hall–Kier alpha value is -1.68. The SMILES string of the molecule is Cc1ccc(Br)cc1O.Cc1ccc(N)cc1O. The molecule has 0 spiro atoms. The zero-order valence-corrected chi connectivity index (χ0v) is 11.9. The van der Waals surface area contributed by atoms with Crippen LogP contribution in [-0.4, -0.2) is 10.2 Å². The summed E-state index contributed by atoms with van der Waals surface area (Å²) < 4.78 is 0.908. The van der Waals surface area contributed by atoms with E-state index in [4.69, 9.17) is 15.9 Å². The predicted molar refractivity (Wildman–Crippen MR) is 77.8 cm³/mol. The van der Waals surface area contributed by atoms with Gasteiger partial charge in [-0.2, -0.15) is 0 Å². The van der Waals surface area contributed by atoms with Gasteiger partial charge in [-0.05, 0) is 43.2 Å². The van der Waals surface area contributed by atoms with Crippen molar-refractivity contribution in [3.63, 3.8) is 0 Å². The molecule has 0 aliphatic rings. The van der Waals surface area contributed by atoms with Gasteiger partial charge in [0, 0.05) is 16.2 Å². The van der Waals surface area contributed by atoms with Gasteiger partial charge in [0.05, 0.1) is 0 Å². The average Bonchev–Trinajstić information content (AvgIpc) is 2.30. The summed E-state index contributed by atoms with van der Waals surface area (Å²) in [5.41, 5.74) is 7.72. The zero-order chi connectivity index (χ0) is 13.7. The van der Waals surface area contributed by atoms with Crippen molar-refractivity contribution in [3.05, 3.63) is 52.0 Å². The zero-order valence-electron chi connectivity index (χ0n) is 10.3. The van der Waals surface area contributed by atoms with Crippen molar-refractivity contribution in [1.82, 2.24) is 0 Å². The summed E-state index contributed by atoms with van der Waals surface area (Å²) in [6.07, 6.45) is 0. The quantitative estimate of drug-likeness (QED) is 0.649. The number of hydrogen-bond acceptors (Lipinski definition) is 3. The first-order chi connectivity index (χ1) is 8.40. The van der Waals surface area contributed by atoms with Crippen molar-refractivity contribution in [2.24, 2.45) is 0 Å². The molecule has 0 saturated heterocycles. The lowest BCUT2D eigenvalue weighted by atomic mass is 10.2. The Morgan fingerprint density at radius 2 is 1.39 bits per heavy atom. The van der Waals surface area contributed by atoms with Crippen LogP contribution in [0.3, 0.4) is 0 Å². The van der Waals surface area contributed by atoms with Gasteiger partial charge in [0.1, 0.15) is 11.5 Å². The van der Waals surface area contributed by atoms with Gasteiger partial charge in [0.2, 0.25) is 0 Å². The smallest absolute Gasteiger partial charge is 0.120 e. The van der Waals surface area contributed by atoms with Gasteiger partial charge >= 0.3 is 0 Å². The monoisotopic (exact) mass is 309 g/mol. The molecule has 0 heterocycles. The summed E-state index contributed by atoms with van der Waals surface area (Å²) in [7, 11) is 0. The molecule has 96 valence electrons. The highest BCUT2D eigenvalue weighted by atomic mass is 79.9. The molecule has 18 heavy (non-hydrogen) atoms. The lowest BCUT2D eigenvalue weighted by Crippen LogP contribution is -1.83. The van der Waals surface area contributed by atoms with Crippen molar-refractivity contribution in [2.45, 2.75) is 13.8 Å². The van der Waals surface area contributed by atoms with Gasteiger partial charge in [-0.15, -0.1) is 0 Å². The van der Waals surface area contributed by atoms with E-state index < -0.39 is 0 Å². The van der Waals surface area contributed by atoms with E-state index >= 15 is 0 Å². The Labute approximate surface area is 115 Å². The molecule has 3 nitrogen and oxygen atoms in total. The highest BCUT2D eigenvalue weighted by Gasteiger charge is 1.93. The fraction of sp³-hybridized carbons (Fsp3) is 0.143. The van der Waals surface area contributed by atoms with Crippen molar-refractivity contribution in [2.75, 3.05) is 5.73 Å². The summed E-state index contributed by atoms with van der Waals surface area (Å²) in [5.74, 6) is 0.597. The Bertz CT molecular complexity index is 492. The van der Waals surface area contributed by atoms with Gasteiger partial charge in [0.25, 0.3) is 0 Å². The van der Waals surface area contributed by atoms with Crippen LogP contribution in [0.5, 0.6) is 11.5 Å². The largest absolute Gasteiger partial charge is 0.508 e. The van der Waals surface area contributed by atoms with Gasteiger partial charge < -0.3 is 15.9 Å². The van der Waals surface area contributed by atoms with E-state index in [2.05, 4.69) is 15.9 Å². The molecule has 0 radical (unpaired) electrons. The van der Waals surface area contributed by atoms with Crippen LogP contribution in [0.15, 0.2) is 40.9 Å². The minimum absolute atomic E-state index is 0.259. The highest BCUT2D eigenvalue weighted by Crippen LogP contribution is 2.20. The molecule has 0 fully saturated rings. The number of rotatable bonds is 0. The summed E-state index contributed by atoms with van der Waals surface area (Å²) in [5, 5.41) is 18.1. The van der Waals surface area contributed by atoms with Crippen LogP contribution >= 0.6 is 15.9 Å². The third-order valence-electron chi connectivity index (χ3n) is 2.40. The second-order valence-electron chi connectivity index (χ2n) is 3.98. The molecule has 4 N–H and O–H groups in total. The normalized spacial score (nSPS) is 9.50. The lowest BCUT2D eigenvalue weighted by Gasteiger charge is -1.97. The van der Waals surface area contributed by atoms with E-state index in [0.717, 1.165) is 15.6 Å². The van der Waals surface area contributed by atoms with Crippen LogP contribution in [0.1, 0.15) is 11.1 Å². The first kappa shape index (κ1) is 14.4. The summed E-state index contributed by atoms with van der Waals surface area (Å²) in [6, 6.07) is 10.5. The number of hydrogen-bond donors (Lipinski definition) is 3. The summed E-state index contributed by atoms with van der Waals surface area (Å²) in [6.45, 7) is 3.69. The minimum atomic E-state index is 0.259. The molecule has 0 aliphatic heterocycles. The number of benzene rings is 2. The first-order valence-electron chi connectivity index (χ1n) is 5.40. The number of nitrogen functional groups attached to an aromatic ring is 1. The maximum absolute atomic E-state index is 9.07. The van der Waals surface area contributed by atoms with Gasteiger partial charge in [0.15, 0.2) is 0 Å². The second kappa shape index (κ2) is 6.31. The molecule has 0 unspecified atom stereocenters. The van der Waals surface area contributed by atoms with Gasteiger partial charge in [-0.3, -0.25) is 0 Å². The van der Waals surface area contributed by atoms with Crippen LogP contribution in [-0.2, 0) is 0 Å². The predicted octanol–water partition coefficient (Wildman–Crippen LogP) is 3.75. The van der Waals surface area contributed by atoms with E-state index in [1.807, 2.05) is 26.0 Å². The molecule has 4 heteroatoms. The Morgan fingerprint density at radius 1 is 0.889 bits per heavy atom. The number of phenolic OH excluding ortho intramolecular Hbond substituents is 2. The molecule has 0 amide bonds. The van der Waals surface area contributed by atoms with E-state index in [0.29, 0.717) is 11.4 Å². The molecule has 2 rings (SSSR count). The van der Waals surface area contributed by atoms with Crippen LogP contribution in [0.25, 0.3) is 0 Å². The van der Waals surface area contributed by atoms with Crippen molar-refractivity contribution < 1.29 is 10.2 Å². The lowest BCUT2D eigenvalue weighted by molar-refractivity contribution is 0.470. The minimum Gasteiger partial charge on any atom is -0.508 e. The van der Waals surface area contributed by atoms with Crippen LogP contribution in [0.2, 0.25) is 0 Å². The molecule has 0 aliphatic carbocycles. The van der Waals surface area contributed by atoms with Crippen molar-refractivity contribution >= 4 is 21.6 Å². The molecule has 0 aromatic heterocycles. The van der Waals surface area contributed by atoms with E-state index in [-0.39, 0.29) is 5.75 Å². The third-order valence-corrected chi connectivity index (χ3v) is 2.90. The Balaban J connectivity index is 0.000000180. The molecule has 2 aromatic rings. The van der Waals surface area contributed by atoms with Crippen LogP contribution in [0.4, 0.5) is 5.69 Å². The molecular formula is C14H16BrNO2. The standard InChI is InChI=1S/C7H7BrO.C7H9NO/c2*1-5-2-3-6(8)4-7(5)9/h2-4,9H,1H3;2-4,9H,8H2,1H3. The first-order valence-corrected chi connectivity index (χ1v) is 6.19. The molecule has 0 bridgehead atoms. The Kier molecular flexibility index (Phi) is 5.04. The number of nitrogens with two attached hydrogens (primary N) is 1. The Morgan fingerprint density at radius 3 is 1.78 bits per heavy atom. The van der Waals surface area contributed by atoms with E-state index in [1.54, 1.807) is 18.2 Å². The molecule has 2 aromatic carbocycles. The number of aromatic hydroxyl groups is 2. The summed E-state index contributed by atoms with van der Waals surface area (Å²) >= 11 is 3.24. The fourth-order valence-corrected chi connectivity index (χ4v) is 1.56. The van der Waals surface area contributed by atoms with Crippen molar-refractivity contribution in [1.29, 1.82) is 0 Å². The molecule has 0 saturated carbocycles. The van der Waals surface area contributed by atoms with E-state index in [1.165, 1.54) is 6.07 Å². The third kappa shape index (κ3) is 4.30. The van der Waals surface area contributed by atoms with E-state index in [9.17, 15) is 0 Å². The molecule has 0 atom stereocenters. The maximum atomic E-state index is 9.07. The summed E-state index contributed by atoms with van der Waals surface area (Å²) in [4.78, 5) is 0. The number of phenols is 2. The topological polar surface area (TPSA) is 66.5 Å². The highest BCUT2D eigenvalue weighted by molar-refractivity contribution is 9.10. The number of anilines is 1. The van der Waals surface area contributed by atoms with Crippen molar-refractivity contribution in [3.8, 4) is 11.5 Å². The van der Waals surface area contributed by atoms with Crippen LogP contribution in [0, 0.1) is 13.8 Å².